The van der Waals surface area contributed by atoms with Crippen LogP contribution < -0.4 is 5.32 Å². The minimum absolute atomic E-state index is 0.350. The number of hydrogen-bond acceptors (Lipinski definition) is 3. The van der Waals surface area contributed by atoms with E-state index in [2.05, 4.69) is 30.1 Å². The Morgan fingerprint density at radius 3 is 2.69 bits per heavy atom. The van der Waals surface area contributed by atoms with Crippen molar-refractivity contribution in [2.45, 2.75) is 10.9 Å². The molecule has 1 aliphatic heterocycles. The Hall–Kier alpha value is -0.510. The fraction of sp³-hybridized carbons (Fsp3) is 0.400. The lowest BCUT2D eigenvalue weighted by Crippen LogP contribution is -2.34. The lowest BCUT2D eigenvalue weighted by Gasteiger charge is -2.24. The average Bonchev–Trinajstić information content (AvgIpc) is 2.20. The van der Waals surface area contributed by atoms with Gasteiger partial charge in [-0.05, 0) is 17.7 Å². The largest absolute Gasteiger partial charge is 0.378 e. The molecule has 1 aromatic rings. The summed E-state index contributed by atoms with van der Waals surface area (Å²) in [7, 11) is 0. The zero-order chi connectivity index (χ0) is 9.10. The molecule has 1 atom stereocenters. The summed E-state index contributed by atoms with van der Waals surface area (Å²) in [6.45, 7) is 2.53. The van der Waals surface area contributed by atoms with Gasteiger partial charge in [0.1, 0.15) is 0 Å². The first kappa shape index (κ1) is 9.06. The summed E-state index contributed by atoms with van der Waals surface area (Å²) in [4.78, 5) is 1.00. The predicted molar refractivity (Wildman–Crippen MR) is 55.3 cm³/mol. The SMILES string of the molecule is Sc1ccc([C@@H]2COCCN2)cc1. The monoisotopic (exact) mass is 195 g/mol. The molecule has 1 fully saturated rings. The van der Waals surface area contributed by atoms with E-state index in [1.165, 1.54) is 5.56 Å². The summed E-state index contributed by atoms with van der Waals surface area (Å²) >= 11 is 4.24. The second-order valence-electron chi connectivity index (χ2n) is 3.17. The number of thiol groups is 1. The normalized spacial score (nSPS) is 23.0. The van der Waals surface area contributed by atoms with Crippen LogP contribution in [0.5, 0.6) is 0 Å². The molecule has 0 bridgehead atoms. The van der Waals surface area contributed by atoms with E-state index in [0.29, 0.717) is 6.04 Å². The first-order valence-electron chi connectivity index (χ1n) is 4.46. The number of rotatable bonds is 1. The Morgan fingerprint density at radius 2 is 2.08 bits per heavy atom. The van der Waals surface area contributed by atoms with E-state index in [1.807, 2.05) is 12.1 Å². The molecule has 1 heterocycles. The molecule has 0 saturated carbocycles. The zero-order valence-electron chi connectivity index (χ0n) is 7.36. The molecule has 2 rings (SSSR count). The van der Waals surface area contributed by atoms with Crippen LogP contribution >= 0.6 is 12.6 Å². The van der Waals surface area contributed by atoms with Crippen LogP contribution in [0.2, 0.25) is 0 Å². The maximum atomic E-state index is 5.39. The molecule has 70 valence electrons. The maximum absolute atomic E-state index is 5.39. The lowest BCUT2D eigenvalue weighted by molar-refractivity contribution is 0.0769. The summed E-state index contributed by atoms with van der Waals surface area (Å²) in [6.07, 6.45) is 0. The molecular weight excluding hydrogens is 182 g/mol. The van der Waals surface area contributed by atoms with Gasteiger partial charge in [-0.25, -0.2) is 0 Å². The molecule has 1 aliphatic rings. The minimum atomic E-state index is 0.350. The van der Waals surface area contributed by atoms with E-state index in [-0.39, 0.29) is 0 Å². The molecule has 0 aliphatic carbocycles. The second-order valence-corrected chi connectivity index (χ2v) is 3.69. The summed E-state index contributed by atoms with van der Waals surface area (Å²) in [5.41, 5.74) is 1.28. The summed E-state index contributed by atoms with van der Waals surface area (Å²) < 4.78 is 5.39. The quantitative estimate of drug-likeness (QED) is 0.665. The van der Waals surface area contributed by atoms with Crippen molar-refractivity contribution in [3.05, 3.63) is 29.8 Å². The molecule has 1 saturated heterocycles. The van der Waals surface area contributed by atoms with Gasteiger partial charge in [-0.15, -0.1) is 12.6 Å². The van der Waals surface area contributed by atoms with Gasteiger partial charge in [0.15, 0.2) is 0 Å². The third-order valence-electron chi connectivity index (χ3n) is 2.22. The van der Waals surface area contributed by atoms with E-state index >= 15 is 0 Å². The summed E-state index contributed by atoms with van der Waals surface area (Å²) in [5.74, 6) is 0. The number of morpholine rings is 1. The number of ether oxygens (including phenoxy) is 1. The Bertz CT molecular complexity index is 267. The van der Waals surface area contributed by atoms with Crippen LogP contribution in [-0.4, -0.2) is 19.8 Å². The highest BCUT2D eigenvalue weighted by Gasteiger charge is 2.14. The Labute approximate surface area is 83.7 Å². The number of benzene rings is 1. The maximum Gasteiger partial charge on any atom is 0.0662 e. The van der Waals surface area contributed by atoms with Gasteiger partial charge >= 0.3 is 0 Å². The fourth-order valence-corrected chi connectivity index (χ4v) is 1.64. The predicted octanol–water partition coefficient (Wildman–Crippen LogP) is 1.64. The first-order chi connectivity index (χ1) is 6.36. The van der Waals surface area contributed by atoms with Crippen LogP contribution in [0, 0.1) is 0 Å². The summed E-state index contributed by atoms with van der Waals surface area (Å²) in [6, 6.07) is 8.55. The van der Waals surface area contributed by atoms with Gasteiger partial charge in [0, 0.05) is 11.4 Å². The van der Waals surface area contributed by atoms with Crippen molar-refractivity contribution in [2.75, 3.05) is 19.8 Å². The molecule has 0 radical (unpaired) electrons. The number of hydrogen-bond donors (Lipinski definition) is 2. The molecule has 13 heavy (non-hydrogen) atoms. The van der Waals surface area contributed by atoms with Gasteiger partial charge in [0.25, 0.3) is 0 Å². The molecule has 3 heteroatoms. The molecule has 1 N–H and O–H groups in total. The van der Waals surface area contributed by atoms with Gasteiger partial charge in [0.05, 0.1) is 19.3 Å². The molecule has 0 amide bonds. The van der Waals surface area contributed by atoms with Crippen molar-refractivity contribution < 1.29 is 4.74 Å². The van der Waals surface area contributed by atoms with Crippen LogP contribution in [0.4, 0.5) is 0 Å². The van der Waals surface area contributed by atoms with Crippen LogP contribution in [0.3, 0.4) is 0 Å². The van der Waals surface area contributed by atoms with Crippen LogP contribution in [-0.2, 0) is 4.74 Å². The third-order valence-corrected chi connectivity index (χ3v) is 2.52. The van der Waals surface area contributed by atoms with Crippen LogP contribution in [0.25, 0.3) is 0 Å². The minimum Gasteiger partial charge on any atom is -0.378 e. The standard InChI is InChI=1S/C10H13NOS/c13-9-3-1-8(2-4-9)10-7-12-6-5-11-10/h1-4,10-11,13H,5-7H2/t10-/m0/s1. The van der Waals surface area contributed by atoms with E-state index in [9.17, 15) is 0 Å². The van der Waals surface area contributed by atoms with Crippen LogP contribution in [0.15, 0.2) is 29.2 Å². The van der Waals surface area contributed by atoms with Crippen molar-refractivity contribution in [3.8, 4) is 0 Å². The van der Waals surface area contributed by atoms with Gasteiger partial charge in [-0.1, -0.05) is 12.1 Å². The second kappa shape index (κ2) is 4.13. The number of nitrogens with one attached hydrogen (secondary N) is 1. The average molecular weight is 195 g/mol. The van der Waals surface area contributed by atoms with Gasteiger partial charge in [-0.3, -0.25) is 0 Å². The highest BCUT2D eigenvalue weighted by atomic mass is 32.1. The van der Waals surface area contributed by atoms with Gasteiger partial charge < -0.3 is 10.1 Å². The Kier molecular flexibility index (Phi) is 2.88. The van der Waals surface area contributed by atoms with Crippen LogP contribution in [0.1, 0.15) is 11.6 Å². The van der Waals surface area contributed by atoms with Crippen molar-refractivity contribution in [3.63, 3.8) is 0 Å². The molecule has 0 aromatic heterocycles. The molecule has 2 nitrogen and oxygen atoms in total. The van der Waals surface area contributed by atoms with Crippen molar-refractivity contribution in [1.29, 1.82) is 0 Å². The van der Waals surface area contributed by atoms with E-state index in [0.717, 1.165) is 24.7 Å². The summed E-state index contributed by atoms with van der Waals surface area (Å²) in [5, 5.41) is 3.40. The van der Waals surface area contributed by atoms with Crippen molar-refractivity contribution in [1.82, 2.24) is 5.32 Å². The lowest BCUT2D eigenvalue weighted by atomic mass is 10.1. The van der Waals surface area contributed by atoms with E-state index < -0.39 is 0 Å². The smallest absolute Gasteiger partial charge is 0.0662 e. The van der Waals surface area contributed by atoms with Gasteiger partial charge in [0.2, 0.25) is 0 Å². The zero-order valence-corrected chi connectivity index (χ0v) is 8.26. The topological polar surface area (TPSA) is 21.3 Å². The van der Waals surface area contributed by atoms with Crippen molar-refractivity contribution in [2.24, 2.45) is 0 Å². The van der Waals surface area contributed by atoms with Gasteiger partial charge in [-0.2, -0.15) is 0 Å². The van der Waals surface area contributed by atoms with E-state index in [4.69, 9.17) is 4.74 Å². The van der Waals surface area contributed by atoms with E-state index in [1.54, 1.807) is 0 Å². The van der Waals surface area contributed by atoms with Crippen molar-refractivity contribution >= 4 is 12.6 Å². The first-order valence-corrected chi connectivity index (χ1v) is 4.91. The molecular formula is C10H13NOS. The molecule has 0 unspecified atom stereocenters. The Morgan fingerprint density at radius 1 is 1.31 bits per heavy atom. The highest BCUT2D eigenvalue weighted by Crippen LogP contribution is 2.17. The molecule has 0 spiro atoms. The third kappa shape index (κ3) is 2.24. The fourth-order valence-electron chi connectivity index (χ4n) is 1.49. The Balaban J connectivity index is 2.10. The highest BCUT2D eigenvalue weighted by molar-refractivity contribution is 7.80. The molecule has 1 aromatic carbocycles.